The van der Waals surface area contributed by atoms with Crippen LogP contribution in [0.4, 0.5) is 4.39 Å². The van der Waals surface area contributed by atoms with E-state index in [0.29, 0.717) is 23.4 Å². The summed E-state index contributed by atoms with van der Waals surface area (Å²) in [5, 5.41) is 0.482. The highest BCUT2D eigenvalue weighted by Crippen LogP contribution is 2.29. The average molecular weight is 328 g/mol. The molecular weight excluding hydrogens is 312 g/mol. The fourth-order valence-electron chi connectivity index (χ4n) is 2.07. The number of rotatable bonds is 5. The third kappa shape index (κ3) is 4.16. The zero-order valence-corrected chi connectivity index (χ0v) is 13.4. The molecule has 0 aliphatic heterocycles. The molecule has 0 N–H and O–H groups in total. The van der Waals surface area contributed by atoms with Gasteiger partial charge in [0.05, 0.1) is 10.7 Å². The molecule has 1 atom stereocenters. The lowest BCUT2D eigenvalue weighted by Crippen LogP contribution is -2.00. The van der Waals surface area contributed by atoms with Crippen LogP contribution in [0.1, 0.15) is 24.8 Å². The van der Waals surface area contributed by atoms with Crippen molar-refractivity contribution in [2.24, 2.45) is 0 Å². The molecule has 0 spiro atoms. The fourth-order valence-corrected chi connectivity index (χ4v) is 2.46. The Balaban J connectivity index is 2.36. The molecule has 1 aromatic heterocycles. The second-order valence-electron chi connectivity index (χ2n) is 4.92. The molecule has 0 amide bonds. The van der Waals surface area contributed by atoms with Crippen LogP contribution in [-0.4, -0.2) is 18.7 Å². The molecule has 1 aromatic carbocycles. The summed E-state index contributed by atoms with van der Waals surface area (Å²) in [6, 6.07) is 8.32. The Bertz CT molecular complexity index is 634. The molecule has 0 saturated heterocycles. The lowest BCUT2D eigenvalue weighted by atomic mass is 9.97. The summed E-state index contributed by atoms with van der Waals surface area (Å²) in [7, 11) is 1.68. The van der Waals surface area contributed by atoms with Gasteiger partial charge in [-0.1, -0.05) is 30.1 Å². The summed E-state index contributed by atoms with van der Waals surface area (Å²) in [6.07, 6.45) is 0.889. The lowest BCUT2D eigenvalue weighted by Gasteiger charge is -2.13. The lowest BCUT2D eigenvalue weighted by molar-refractivity contribution is 0.189. The molecule has 21 heavy (non-hydrogen) atoms. The molecule has 1 heterocycles. The van der Waals surface area contributed by atoms with Crippen LogP contribution in [-0.2, 0) is 4.74 Å². The summed E-state index contributed by atoms with van der Waals surface area (Å²) in [4.78, 5) is 4.29. The van der Waals surface area contributed by atoms with Crippen molar-refractivity contribution in [1.82, 2.24) is 4.98 Å². The van der Waals surface area contributed by atoms with Crippen LogP contribution in [0, 0.1) is 5.82 Å². The maximum Gasteiger partial charge on any atom is 0.141 e. The second-order valence-corrected chi connectivity index (χ2v) is 5.71. The Labute approximate surface area is 133 Å². The van der Waals surface area contributed by atoms with Crippen LogP contribution in [0.25, 0.3) is 11.3 Å². The Morgan fingerprint density at radius 1 is 1.24 bits per heavy atom. The topological polar surface area (TPSA) is 22.1 Å². The second kappa shape index (κ2) is 7.21. The Hall–Kier alpha value is -1.16. The molecule has 5 heteroatoms. The van der Waals surface area contributed by atoms with E-state index in [1.807, 2.05) is 12.1 Å². The van der Waals surface area contributed by atoms with E-state index in [2.05, 4.69) is 11.9 Å². The largest absolute Gasteiger partial charge is 0.385 e. The first-order valence-electron chi connectivity index (χ1n) is 6.63. The van der Waals surface area contributed by atoms with E-state index in [0.717, 1.165) is 17.5 Å². The minimum absolute atomic E-state index is 0.0725. The van der Waals surface area contributed by atoms with Gasteiger partial charge in [0, 0.05) is 19.3 Å². The van der Waals surface area contributed by atoms with Gasteiger partial charge in [0.1, 0.15) is 11.0 Å². The summed E-state index contributed by atoms with van der Waals surface area (Å²) in [5.41, 5.74) is 2.50. The van der Waals surface area contributed by atoms with Crippen LogP contribution >= 0.6 is 23.2 Å². The maximum atomic E-state index is 13.2. The van der Waals surface area contributed by atoms with Gasteiger partial charge >= 0.3 is 0 Å². The first-order chi connectivity index (χ1) is 10.0. The van der Waals surface area contributed by atoms with Crippen molar-refractivity contribution in [3.63, 3.8) is 0 Å². The number of nitrogens with zero attached hydrogens (tertiary/aromatic N) is 1. The highest BCUT2D eigenvalue weighted by Gasteiger charge is 2.11. The Kier molecular flexibility index (Phi) is 5.57. The van der Waals surface area contributed by atoms with Crippen molar-refractivity contribution >= 4 is 23.2 Å². The van der Waals surface area contributed by atoms with Crippen LogP contribution in [0.3, 0.4) is 0 Å². The number of aromatic nitrogens is 1. The summed E-state index contributed by atoms with van der Waals surface area (Å²) < 4.78 is 18.3. The number of benzene rings is 1. The van der Waals surface area contributed by atoms with Gasteiger partial charge in [0.15, 0.2) is 0 Å². The molecule has 0 bridgehead atoms. The van der Waals surface area contributed by atoms with E-state index >= 15 is 0 Å². The smallest absolute Gasteiger partial charge is 0.141 e. The highest BCUT2D eigenvalue weighted by molar-refractivity contribution is 6.31. The van der Waals surface area contributed by atoms with Gasteiger partial charge in [-0.2, -0.15) is 0 Å². The van der Waals surface area contributed by atoms with E-state index in [1.165, 1.54) is 6.07 Å². The summed E-state index contributed by atoms with van der Waals surface area (Å²) in [5.74, 6) is -0.156. The quantitative estimate of drug-likeness (QED) is 0.692. The first-order valence-corrected chi connectivity index (χ1v) is 7.38. The van der Waals surface area contributed by atoms with E-state index in [4.69, 9.17) is 27.9 Å². The van der Waals surface area contributed by atoms with Crippen molar-refractivity contribution in [2.75, 3.05) is 13.7 Å². The SMILES string of the molecule is COCCC(C)c1cc(Cl)nc(-c2ccc(F)c(Cl)c2)c1. The zero-order chi connectivity index (χ0) is 15.4. The molecule has 2 nitrogen and oxygen atoms in total. The summed E-state index contributed by atoms with van der Waals surface area (Å²) >= 11 is 11.9. The number of pyridine rings is 1. The molecule has 2 rings (SSSR count). The molecule has 0 aliphatic rings. The van der Waals surface area contributed by atoms with Gasteiger partial charge in [-0.05, 0) is 48.2 Å². The fraction of sp³-hybridized carbons (Fsp3) is 0.312. The van der Waals surface area contributed by atoms with E-state index in [9.17, 15) is 4.39 Å². The monoisotopic (exact) mass is 327 g/mol. The van der Waals surface area contributed by atoms with Gasteiger partial charge < -0.3 is 4.74 Å². The predicted molar refractivity (Wildman–Crippen MR) is 84.6 cm³/mol. The van der Waals surface area contributed by atoms with E-state index in [1.54, 1.807) is 19.2 Å². The zero-order valence-electron chi connectivity index (χ0n) is 11.9. The number of methoxy groups -OCH3 is 1. The predicted octanol–water partition coefficient (Wildman–Crippen LogP) is 5.33. The summed E-state index contributed by atoms with van der Waals surface area (Å²) in [6.45, 7) is 2.78. The molecule has 112 valence electrons. The Morgan fingerprint density at radius 3 is 2.67 bits per heavy atom. The molecule has 1 unspecified atom stereocenters. The normalized spacial score (nSPS) is 12.4. The molecule has 2 aromatic rings. The first kappa shape index (κ1) is 16.2. The molecule has 0 saturated carbocycles. The standard InChI is InChI=1S/C16H16Cl2FNO/c1-10(5-6-21-2)12-8-15(20-16(18)9-12)11-3-4-14(19)13(17)7-11/h3-4,7-10H,5-6H2,1-2H3. The third-order valence-electron chi connectivity index (χ3n) is 3.36. The number of halogens is 3. The van der Waals surface area contributed by atoms with Gasteiger partial charge in [0.25, 0.3) is 0 Å². The molecular formula is C16H16Cl2FNO. The van der Waals surface area contributed by atoms with Crippen LogP contribution in [0.15, 0.2) is 30.3 Å². The van der Waals surface area contributed by atoms with Crippen LogP contribution in [0.5, 0.6) is 0 Å². The van der Waals surface area contributed by atoms with E-state index in [-0.39, 0.29) is 5.02 Å². The number of hydrogen-bond donors (Lipinski definition) is 0. The maximum absolute atomic E-state index is 13.2. The van der Waals surface area contributed by atoms with Crippen molar-refractivity contribution < 1.29 is 9.13 Å². The van der Waals surface area contributed by atoms with Gasteiger partial charge in [-0.15, -0.1) is 0 Å². The Morgan fingerprint density at radius 2 is 2.00 bits per heavy atom. The van der Waals surface area contributed by atoms with Crippen molar-refractivity contribution in [1.29, 1.82) is 0 Å². The van der Waals surface area contributed by atoms with Gasteiger partial charge in [-0.3, -0.25) is 0 Å². The van der Waals surface area contributed by atoms with Gasteiger partial charge in [0.2, 0.25) is 0 Å². The average Bonchev–Trinajstić information content (AvgIpc) is 2.47. The molecule has 0 aliphatic carbocycles. The van der Waals surface area contributed by atoms with Crippen molar-refractivity contribution in [3.05, 3.63) is 51.9 Å². The third-order valence-corrected chi connectivity index (χ3v) is 3.84. The number of hydrogen-bond acceptors (Lipinski definition) is 2. The molecule has 0 fully saturated rings. The molecule has 0 radical (unpaired) electrons. The van der Waals surface area contributed by atoms with Gasteiger partial charge in [-0.25, -0.2) is 9.37 Å². The minimum Gasteiger partial charge on any atom is -0.385 e. The van der Waals surface area contributed by atoms with Crippen molar-refractivity contribution in [3.8, 4) is 11.3 Å². The highest BCUT2D eigenvalue weighted by atomic mass is 35.5. The van der Waals surface area contributed by atoms with Crippen LogP contribution in [0.2, 0.25) is 10.2 Å². The van der Waals surface area contributed by atoms with E-state index < -0.39 is 5.82 Å². The number of ether oxygens (including phenoxy) is 1. The van der Waals surface area contributed by atoms with Crippen LogP contribution < -0.4 is 0 Å². The minimum atomic E-state index is -0.448. The van der Waals surface area contributed by atoms with Crippen molar-refractivity contribution in [2.45, 2.75) is 19.3 Å².